The number of thiocarbonyl (C=S) groups is 1. The van der Waals surface area contributed by atoms with Gasteiger partial charge >= 0.3 is 0 Å². The highest BCUT2D eigenvalue weighted by Crippen LogP contribution is 2.03. The Hall–Kier alpha value is -0.240. The highest BCUT2D eigenvalue weighted by atomic mass is 32.2. The zero-order valence-electron chi connectivity index (χ0n) is 11.0. The summed E-state index contributed by atoms with van der Waals surface area (Å²) >= 11 is 4.88. The third kappa shape index (κ3) is 6.08. The van der Waals surface area contributed by atoms with Crippen LogP contribution in [-0.4, -0.2) is 74.0 Å². The SMILES string of the molecule is CCCS(=O)(=O)CCN1CCN(CC(N)=S)CC1. The lowest BCUT2D eigenvalue weighted by Crippen LogP contribution is -2.49. The predicted molar refractivity (Wildman–Crippen MR) is 78.6 cm³/mol. The van der Waals surface area contributed by atoms with E-state index in [2.05, 4.69) is 9.80 Å². The molecule has 7 heteroatoms. The van der Waals surface area contributed by atoms with Gasteiger partial charge in [-0.2, -0.15) is 0 Å². The van der Waals surface area contributed by atoms with E-state index in [9.17, 15) is 8.42 Å². The van der Waals surface area contributed by atoms with Crippen LogP contribution in [-0.2, 0) is 9.84 Å². The second-order valence-corrected chi connectivity index (χ2v) is 7.56. The van der Waals surface area contributed by atoms with Crippen LogP contribution in [0.25, 0.3) is 0 Å². The minimum atomic E-state index is -2.86. The Kier molecular flexibility index (Phi) is 6.48. The monoisotopic (exact) mass is 293 g/mol. The third-order valence-electron chi connectivity index (χ3n) is 3.08. The van der Waals surface area contributed by atoms with Gasteiger partial charge in [0.05, 0.1) is 10.7 Å². The molecular weight excluding hydrogens is 270 g/mol. The van der Waals surface area contributed by atoms with E-state index >= 15 is 0 Å². The Morgan fingerprint density at radius 2 is 1.72 bits per heavy atom. The predicted octanol–water partition coefficient (Wildman–Crippen LogP) is -0.285. The minimum absolute atomic E-state index is 0.274. The molecule has 1 heterocycles. The van der Waals surface area contributed by atoms with E-state index in [0.717, 1.165) is 26.2 Å². The fraction of sp³-hybridized carbons (Fsp3) is 0.909. The van der Waals surface area contributed by atoms with E-state index in [4.69, 9.17) is 18.0 Å². The Bertz CT molecular complexity index is 362. The molecule has 106 valence electrons. The van der Waals surface area contributed by atoms with Crippen LogP contribution in [0.15, 0.2) is 0 Å². The van der Waals surface area contributed by atoms with Gasteiger partial charge in [-0.15, -0.1) is 0 Å². The molecule has 18 heavy (non-hydrogen) atoms. The van der Waals surface area contributed by atoms with Gasteiger partial charge in [0.25, 0.3) is 0 Å². The second-order valence-electron chi connectivity index (χ2n) is 4.74. The van der Waals surface area contributed by atoms with Crippen molar-refractivity contribution >= 4 is 27.0 Å². The Morgan fingerprint density at radius 1 is 1.17 bits per heavy atom. The lowest BCUT2D eigenvalue weighted by atomic mass is 10.3. The summed E-state index contributed by atoms with van der Waals surface area (Å²) in [5, 5.41) is 0. The van der Waals surface area contributed by atoms with Crippen LogP contribution in [0.1, 0.15) is 13.3 Å². The molecule has 1 rings (SSSR count). The van der Waals surface area contributed by atoms with Gasteiger partial charge in [0.1, 0.15) is 0 Å². The second kappa shape index (κ2) is 7.37. The standard InChI is InChI=1S/C11H23N3O2S2/c1-2-8-18(15,16)9-7-13-3-5-14(6-4-13)10-11(12)17/h2-10H2,1H3,(H2,12,17). The van der Waals surface area contributed by atoms with Crippen molar-refractivity contribution in [1.82, 2.24) is 9.80 Å². The summed E-state index contributed by atoms with van der Waals surface area (Å²) in [5.74, 6) is 0.574. The van der Waals surface area contributed by atoms with Gasteiger partial charge in [-0.05, 0) is 6.42 Å². The van der Waals surface area contributed by atoms with Gasteiger partial charge < -0.3 is 5.73 Å². The molecule has 1 saturated heterocycles. The lowest BCUT2D eigenvalue weighted by molar-refractivity contribution is 0.152. The van der Waals surface area contributed by atoms with Crippen LogP contribution in [0.4, 0.5) is 0 Å². The lowest BCUT2D eigenvalue weighted by Gasteiger charge is -2.34. The highest BCUT2D eigenvalue weighted by molar-refractivity contribution is 7.91. The van der Waals surface area contributed by atoms with Gasteiger partial charge in [0.2, 0.25) is 0 Å². The number of hydrogen-bond acceptors (Lipinski definition) is 5. The van der Waals surface area contributed by atoms with Crippen LogP contribution in [0.5, 0.6) is 0 Å². The maximum Gasteiger partial charge on any atom is 0.151 e. The fourth-order valence-electron chi connectivity index (χ4n) is 2.07. The molecule has 1 aliphatic heterocycles. The largest absolute Gasteiger partial charge is 0.392 e. The summed E-state index contributed by atoms with van der Waals surface area (Å²) in [7, 11) is -2.86. The highest BCUT2D eigenvalue weighted by Gasteiger charge is 2.19. The van der Waals surface area contributed by atoms with E-state index < -0.39 is 9.84 Å². The molecule has 0 aromatic carbocycles. The maximum absolute atomic E-state index is 11.6. The van der Waals surface area contributed by atoms with Crippen molar-refractivity contribution < 1.29 is 8.42 Å². The number of nitrogens with two attached hydrogens (primary N) is 1. The first-order valence-corrected chi connectivity index (χ1v) is 8.59. The van der Waals surface area contributed by atoms with Crippen molar-refractivity contribution in [3.05, 3.63) is 0 Å². The van der Waals surface area contributed by atoms with Crippen LogP contribution >= 0.6 is 12.2 Å². The molecular formula is C11H23N3O2S2. The molecule has 0 spiro atoms. The molecule has 0 aliphatic carbocycles. The van der Waals surface area contributed by atoms with E-state index in [1.807, 2.05) is 6.92 Å². The number of hydrogen-bond donors (Lipinski definition) is 1. The summed E-state index contributed by atoms with van der Waals surface area (Å²) < 4.78 is 23.2. The van der Waals surface area contributed by atoms with Crippen molar-refractivity contribution in [1.29, 1.82) is 0 Å². The van der Waals surface area contributed by atoms with Gasteiger partial charge in [-0.1, -0.05) is 19.1 Å². The normalized spacial score (nSPS) is 18.9. The molecule has 2 N–H and O–H groups in total. The van der Waals surface area contributed by atoms with E-state index in [0.29, 0.717) is 30.3 Å². The molecule has 1 aliphatic rings. The molecule has 0 saturated carbocycles. The zero-order valence-corrected chi connectivity index (χ0v) is 12.6. The van der Waals surface area contributed by atoms with Crippen LogP contribution < -0.4 is 5.73 Å². The molecule has 5 nitrogen and oxygen atoms in total. The summed E-state index contributed by atoms with van der Waals surface area (Å²) in [5.41, 5.74) is 5.50. The van der Waals surface area contributed by atoms with Gasteiger partial charge in [0.15, 0.2) is 9.84 Å². The molecule has 1 fully saturated rings. The molecule has 0 aromatic heterocycles. The first-order chi connectivity index (χ1) is 8.43. The molecule has 0 radical (unpaired) electrons. The zero-order chi connectivity index (χ0) is 13.6. The molecule has 0 unspecified atom stereocenters. The first kappa shape index (κ1) is 15.8. The van der Waals surface area contributed by atoms with Crippen molar-refractivity contribution in [2.75, 3.05) is 50.8 Å². The number of sulfone groups is 1. The van der Waals surface area contributed by atoms with Crippen LogP contribution in [0.3, 0.4) is 0 Å². The molecule has 0 bridgehead atoms. The van der Waals surface area contributed by atoms with Crippen molar-refractivity contribution in [2.24, 2.45) is 5.73 Å². The average molecular weight is 293 g/mol. The summed E-state index contributed by atoms with van der Waals surface area (Å²) in [6, 6.07) is 0. The van der Waals surface area contributed by atoms with Crippen molar-refractivity contribution in [3.63, 3.8) is 0 Å². The van der Waals surface area contributed by atoms with Crippen molar-refractivity contribution in [3.8, 4) is 0 Å². The first-order valence-electron chi connectivity index (χ1n) is 6.36. The Morgan fingerprint density at radius 3 is 2.22 bits per heavy atom. The van der Waals surface area contributed by atoms with E-state index in [-0.39, 0.29) is 5.75 Å². The van der Waals surface area contributed by atoms with Gasteiger partial charge in [-0.3, -0.25) is 9.80 Å². The molecule has 0 amide bonds. The maximum atomic E-state index is 11.6. The minimum Gasteiger partial charge on any atom is -0.392 e. The average Bonchev–Trinajstić information content (AvgIpc) is 2.27. The quantitative estimate of drug-likeness (QED) is 0.651. The van der Waals surface area contributed by atoms with Crippen LogP contribution in [0, 0.1) is 0 Å². The number of rotatable bonds is 7. The summed E-state index contributed by atoms with van der Waals surface area (Å²) in [6.45, 7) is 6.80. The van der Waals surface area contributed by atoms with Gasteiger partial charge in [0, 0.05) is 45.0 Å². The summed E-state index contributed by atoms with van der Waals surface area (Å²) in [4.78, 5) is 4.93. The topological polar surface area (TPSA) is 66.6 Å². The smallest absolute Gasteiger partial charge is 0.151 e. The molecule has 0 aromatic rings. The fourth-order valence-corrected chi connectivity index (χ4v) is 3.62. The molecule has 0 atom stereocenters. The van der Waals surface area contributed by atoms with Crippen LogP contribution in [0.2, 0.25) is 0 Å². The number of nitrogens with zero attached hydrogens (tertiary/aromatic N) is 2. The van der Waals surface area contributed by atoms with E-state index in [1.54, 1.807) is 0 Å². The Labute approximate surface area is 115 Å². The van der Waals surface area contributed by atoms with E-state index in [1.165, 1.54) is 0 Å². The summed E-state index contributed by atoms with van der Waals surface area (Å²) in [6.07, 6.45) is 0.698. The third-order valence-corrected chi connectivity index (χ3v) is 5.04. The van der Waals surface area contributed by atoms with Crippen molar-refractivity contribution in [2.45, 2.75) is 13.3 Å². The Balaban J connectivity index is 2.25. The number of piperazine rings is 1. The van der Waals surface area contributed by atoms with Gasteiger partial charge in [-0.25, -0.2) is 8.42 Å².